The van der Waals surface area contributed by atoms with Crippen molar-refractivity contribution in [3.8, 4) is 0 Å². The van der Waals surface area contributed by atoms with Gasteiger partial charge in [-0.1, -0.05) is 66.0 Å². The summed E-state index contributed by atoms with van der Waals surface area (Å²) in [4.78, 5) is 17.1. The molecule has 36 heavy (non-hydrogen) atoms. The first-order valence-corrected chi connectivity index (χ1v) is 14.3. The quantitative estimate of drug-likeness (QED) is 0.102. The summed E-state index contributed by atoms with van der Waals surface area (Å²) >= 11 is 4.97. The molecular weight excluding hydrogens is 512 g/mol. The second-order valence-electron chi connectivity index (χ2n) is 8.09. The van der Waals surface area contributed by atoms with Crippen LogP contribution in [-0.2, 0) is 12.3 Å². The third-order valence-corrected chi connectivity index (χ3v) is 8.75. The average Bonchev–Trinajstić information content (AvgIpc) is 3.49. The molecule has 0 amide bonds. The van der Waals surface area contributed by atoms with Gasteiger partial charge in [-0.15, -0.1) is 21.5 Å². The van der Waals surface area contributed by atoms with Crippen molar-refractivity contribution < 1.29 is 9.18 Å². The zero-order valence-electron chi connectivity index (χ0n) is 19.3. The molecular formula is C27H23FN4OS3. The summed E-state index contributed by atoms with van der Waals surface area (Å²) in [7, 11) is 0. The Kier molecular flexibility index (Phi) is 8.10. The molecule has 0 aliphatic carbocycles. The predicted octanol–water partition coefficient (Wildman–Crippen LogP) is 7.12. The molecule has 0 unspecified atom stereocenters. The summed E-state index contributed by atoms with van der Waals surface area (Å²) < 4.78 is 17.5. The molecule has 5 rings (SSSR count). The third kappa shape index (κ3) is 6.21. The van der Waals surface area contributed by atoms with E-state index < -0.39 is 0 Å². The lowest BCUT2D eigenvalue weighted by atomic mass is 10.1. The topological polar surface area (TPSA) is 60.7 Å². The van der Waals surface area contributed by atoms with E-state index in [-0.39, 0.29) is 11.6 Å². The second-order valence-corrected chi connectivity index (χ2v) is 11.4. The van der Waals surface area contributed by atoms with E-state index in [9.17, 15) is 9.18 Å². The third-order valence-electron chi connectivity index (χ3n) is 5.52. The smallest absolute Gasteiger partial charge is 0.191 e. The van der Waals surface area contributed by atoms with Gasteiger partial charge in [0.25, 0.3) is 0 Å². The van der Waals surface area contributed by atoms with E-state index in [2.05, 4.69) is 33.0 Å². The Bertz CT molecular complexity index is 1420. The fourth-order valence-electron chi connectivity index (χ4n) is 3.67. The minimum absolute atomic E-state index is 0.0225. The highest BCUT2D eigenvalue weighted by molar-refractivity contribution is 8.00. The number of rotatable bonds is 11. The van der Waals surface area contributed by atoms with E-state index in [1.807, 2.05) is 36.4 Å². The zero-order chi connectivity index (χ0) is 24.7. The van der Waals surface area contributed by atoms with Gasteiger partial charge in [-0.2, -0.15) is 0 Å². The maximum atomic E-state index is 13.1. The van der Waals surface area contributed by atoms with Crippen LogP contribution in [0, 0.1) is 5.82 Å². The van der Waals surface area contributed by atoms with Gasteiger partial charge in [0.05, 0.1) is 22.5 Å². The van der Waals surface area contributed by atoms with Crippen LogP contribution in [0.5, 0.6) is 0 Å². The van der Waals surface area contributed by atoms with Crippen molar-refractivity contribution in [1.82, 2.24) is 19.7 Å². The van der Waals surface area contributed by atoms with Crippen molar-refractivity contribution in [3.05, 3.63) is 102 Å². The average molecular weight is 535 g/mol. The number of benzene rings is 3. The SMILES string of the molecule is O=C(CCCSc1nnc(CSc2nc3ccccc3s2)n1Cc1ccccc1)c1ccc(F)cc1. The summed E-state index contributed by atoms with van der Waals surface area (Å²) in [5.41, 5.74) is 2.74. The first-order chi connectivity index (χ1) is 17.7. The molecule has 9 heteroatoms. The fourth-order valence-corrected chi connectivity index (χ4v) is 6.58. The molecule has 2 heterocycles. The van der Waals surface area contributed by atoms with Crippen LogP contribution < -0.4 is 0 Å². The molecule has 0 N–H and O–H groups in total. The van der Waals surface area contributed by atoms with Crippen molar-refractivity contribution in [3.63, 3.8) is 0 Å². The number of aromatic nitrogens is 4. The molecule has 5 nitrogen and oxygen atoms in total. The van der Waals surface area contributed by atoms with Crippen molar-refractivity contribution >= 4 is 50.9 Å². The van der Waals surface area contributed by atoms with Crippen molar-refractivity contribution in [2.24, 2.45) is 0 Å². The highest BCUT2D eigenvalue weighted by Crippen LogP contribution is 2.32. The second kappa shape index (κ2) is 11.8. The normalized spacial score (nSPS) is 11.2. The molecule has 3 aromatic carbocycles. The first kappa shape index (κ1) is 24.7. The van der Waals surface area contributed by atoms with E-state index in [1.54, 1.807) is 34.9 Å². The molecule has 0 aliphatic rings. The molecule has 0 spiro atoms. The van der Waals surface area contributed by atoms with E-state index in [4.69, 9.17) is 4.98 Å². The largest absolute Gasteiger partial charge is 0.301 e. The van der Waals surface area contributed by atoms with Crippen molar-refractivity contribution in [2.45, 2.75) is 34.6 Å². The van der Waals surface area contributed by atoms with Gasteiger partial charge in [-0.3, -0.25) is 4.79 Å². The van der Waals surface area contributed by atoms with Crippen LogP contribution in [0.2, 0.25) is 0 Å². The summed E-state index contributed by atoms with van der Waals surface area (Å²) in [6.45, 7) is 0.681. The molecule has 0 saturated heterocycles. The summed E-state index contributed by atoms with van der Waals surface area (Å²) in [5.74, 6) is 1.99. The summed E-state index contributed by atoms with van der Waals surface area (Å²) in [6.07, 6.45) is 1.11. The number of carbonyl (C=O) groups excluding carboxylic acids is 1. The Morgan fingerprint density at radius 3 is 2.50 bits per heavy atom. The van der Waals surface area contributed by atoms with Crippen molar-refractivity contribution in [2.75, 3.05) is 5.75 Å². The first-order valence-electron chi connectivity index (χ1n) is 11.5. The molecule has 0 aliphatic heterocycles. The number of thiazole rings is 1. The maximum Gasteiger partial charge on any atom is 0.191 e. The molecule has 0 saturated carbocycles. The lowest BCUT2D eigenvalue weighted by Crippen LogP contribution is -2.06. The van der Waals surface area contributed by atoms with Crippen LogP contribution >= 0.6 is 34.9 Å². The zero-order valence-corrected chi connectivity index (χ0v) is 21.8. The Morgan fingerprint density at radius 1 is 0.917 bits per heavy atom. The van der Waals surface area contributed by atoms with Crippen LogP contribution in [0.15, 0.2) is 88.4 Å². The molecule has 2 aromatic heterocycles. The molecule has 5 aromatic rings. The van der Waals surface area contributed by atoms with Crippen LogP contribution in [0.3, 0.4) is 0 Å². The van der Waals surface area contributed by atoms with Crippen molar-refractivity contribution in [1.29, 1.82) is 0 Å². The summed E-state index contributed by atoms with van der Waals surface area (Å²) in [6, 6.07) is 24.1. The number of halogens is 1. The van der Waals surface area contributed by atoms with E-state index >= 15 is 0 Å². The highest BCUT2D eigenvalue weighted by Gasteiger charge is 2.15. The van der Waals surface area contributed by atoms with Crippen LogP contribution in [-0.4, -0.2) is 31.3 Å². The number of fused-ring (bicyclic) bond motifs is 1. The van der Waals surface area contributed by atoms with Gasteiger partial charge in [0.15, 0.2) is 15.3 Å². The Balaban J connectivity index is 1.24. The fraction of sp³-hybridized carbons (Fsp3) is 0.185. The minimum atomic E-state index is -0.336. The van der Waals surface area contributed by atoms with E-state index in [0.29, 0.717) is 30.7 Å². The number of hydrogen-bond acceptors (Lipinski definition) is 7. The number of para-hydroxylation sites is 1. The molecule has 0 radical (unpaired) electrons. The van der Waals surface area contributed by atoms with Crippen LogP contribution in [0.1, 0.15) is 34.6 Å². The van der Waals surface area contributed by atoms with Gasteiger partial charge in [-0.25, -0.2) is 9.37 Å². The lowest BCUT2D eigenvalue weighted by molar-refractivity contribution is 0.0982. The summed E-state index contributed by atoms with van der Waals surface area (Å²) in [5, 5.41) is 9.81. The minimum Gasteiger partial charge on any atom is -0.301 e. The van der Waals surface area contributed by atoms with E-state index in [1.165, 1.54) is 34.5 Å². The van der Waals surface area contributed by atoms with Gasteiger partial charge in [0.1, 0.15) is 11.6 Å². The van der Waals surface area contributed by atoms with Crippen LogP contribution in [0.25, 0.3) is 10.2 Å². The van der Waals surface area contributed by atoms with Gasteiger partial charge >= 0.3 is 0 Å². The lowest BCUT2D eigenvalue weighted by Gasteiger charge is -2.10. The number of carbonyl (C=O) groups is 1. The van der Waals surface area contributed by atoms with Crippen LogP contribution in [0.4, 0.5) is 4.39 Å². The monoisotopic (exact) mass is 534 g/mol. The standard InChI is InChI=1S/C27H23FN4OS3/c28-21-14-12-20(13-15-21)23(33)10-6-16-34-26-31-30-25(32(26)17-19-7-2-1-3-8-19)18-35-27-29-22-9-4-5-11-24(22)36-27/h1-5,7-9,11-15H,6,10,16-18H2. The predicted molar refractivity (Wildman–Crippen MR) is 145 cm³/mol. The number of ketones is 1. The number of hydrogen-bond donors (Lipinski definition) is 0. The van der Waals surface area contributed by atoms with Gasteiger partial charge < -0.3 is 4.57 Å². The van der Waals surface area contributed by atoms with E-state index in [0.717, 1.165) is 26.6 Å². The molecule has 0 atom stereocenters. The maximum absolute atomic E-state index is 13.1. The Labute approximate surface area is 221 Å². The molecule has 182 valence electrons. The van der Waals surface area contributed by atoms with Gasteiger partial charge in [0.2, 0.25) is 0 Å². The number of Topliss-reactive ketones (excluding diaryl/α,β-unsaturated/α-hetero) is 1. The van der Waals surface area contributed by atoms with Gasteiger partial charge in [-0.05, 0) is 48.4 Å². The number of thioether (sulfide) groups is 2. The number of nitrogens with zero attached hydrogens (tertiary/aromatic N) is 4. The highest BCUT2D eigenvalue weighted by atomic mass is 32.2. The Hall–Kier alpha value is -3.01. The molecule has 0 fully saturated rings. The molecule has 0 bridgehead atoms. The van der Waals surface area contributed by atoms with Gasteiger partial charge in [0, 0.05) is 17.7 Å². The Morgan fingerprint density at radius 2 is 1.69 bits per heavy atom.